The van der Waals surface area contributed by atoms with Crippen LogP contribution < -0.4 is 16.4 Å². The smallest absolute Gasteiger partial charge is 0.220 e. The third kappa shape index (κ3) is 3.35. The van der Waals surface area contributed by atoms with E-state index < -0.39 is 0 Å². The van der Waals surface area contributed by atoms with Gasteiger partial charge in [0.15, 0.2) is 5.96 Å². The summed E-state index contributed by atoms with van der Waals surface area (Å²) in [5.74, 6) is 0.629. The Kier molecular flexibility index (Phi) is 3.54. The van der Waals surface area contributed by atoms with Gasteiger partial charge in [-0.25, -0.2) is 0 Å². The van der Waals surface area contributed by atoms with Crippen LogP contribution in [0.1, 0.15) is 45.4 Å². The van der Waals surface area contributed by atoms with Crippen LogP contribution in [0.2, 0.25) is 0 Å². The van der Waals surface area contributed by atoms with Gasteiger partial charge in [0.1, 0.15) is 0 Å². The zero-order chi connectivity index (χ0) is 12.3. The Labute approximate surface area is 102 Å². The molecule has 0 aromatic carbocycles. The third-order valence-corrected chi connectivity index (χ3v) is 3.65. The zero-order valence-corrected chi connectivity index (χ0v) is 10.5. The minimum Gasteiger partial charge on any atom is -0.370 e. The van der Waals surface area contributed by atoms with Crippen LogP contribution in [-0.2, 0) is 4.79 Å². The van der Waals surface area contributed by atoms with Gasteiger partial charge >= 0.3 is 0 Å². The molecule has 5 nitrogen and oxygen atoms in total. The number of nitrogens with two attached hydrogens (primary N) is 1. The molecular formula is C12H22N4O. The quantitative estimate of drug-likeness (QED) is 0.495. The maximum atomic E-state index is 11.2. The Morgan fingerprint density at radius 2 is 2.29 bits per heavy atom. The molecule has 0 bridgehead atoms. The number of guanidine groups is 1. The highest BCUT2D eigenvalue weighted by atomic mass is 16.2. The SMILES string of the molecule is CC1(CN=C(N)NC2CCCC2)CCC(=O)N1. The van der Waals surface area contributed by atoms with Crippen LogP contribution in [0.4, 0.5) is 0 Å². The molecule has 1 saturated carbocycles. The molecule has 2 fully saturated rings. The van der Waals surface area contributed by atoms with E-state index in [0.717, 1.165) is 6.42 Å². The van der Waals surface area contributed by atoms with Gasteiger partial charge in [0.05, 0.1) is 12.1 Å². The third-order valence-electron chi connectivity index (χ3n) is 3.65. The molecule has 0 spiro atoms. The molecule has 1 atom stereocenters. The summed E-state index contributed by atoms with van der Waals surface area (Å²) in [7, 11) is 0. The standard InChI is InChI=1S/C12H22N4O/c1-12(7-6-10(17)16-12)8-14-11(13)15-9-4-2-3-5-9/h9H,2-8H2,1H3,(H,16,17)(H3,13,14,15). The molecule has 4 N–H and O–H groups in total. The van der Waals surface area contributed by atoms with Crippen molar-refractivity contribution >= 4 is 11.9 Å². The van der Waals surface area contributed by atoms with E-state index in [2.05, 4.69) is 15.6 Å². The number of carbonyl (C=O) groups is 1. The molecule has 1 heterocycles. The van der Waals surface area contributed by atoms with E-state index in [9.17, 15) is 4.79 Å². The summed E-state index contributed by atoms with van der Waals surface area (Å²) < 4.78 is 0. The number of nitrogens with zero attached hydrogens (tertiary/aromatic N) is 1. The first-order valence-electron chi connectivity index (χ1n) is 6.45. The fourth-order valence-electron chi connectivity index (χ4n) is 2.55. The van der Waals surface area contributed by atoms with Crippen molar-refractivity contribution in [2.45, 2.75) is 57.0 Å². The molecule has 1 aliphatic carbocycles. The molecule has 17 heavy (non-hydrogen) atoms. The van der Waals surface area contributed by atoms with Gasteiger partial charge in [0.25, 0.3) is 0 Å². The maximum absolute atomic E-state index is 11.2. The Balaban J connectivity index is 1.80. The fraction of sp³-hybridized carbons (Fsp3) is 0.833. The van der Waals surface area contributed by atoms with Crippen LogP contribution in [0.5, 0.6) is 0 Å². The lowest BCUT2D eigenvalue weighted by molar-refractivity contribution is -0.119. The Hall–Kier alpha value is -1.26. The molecule has 1 unspecified atom stereocenters. The number of amides is 1. The number of aliphatic imine (C=N–C) groups is 1. The van der Waals surface area contributed by atoms with Crippen LogP contribution in [0, 0.1) is 0 Å². The first-order valence-corrected chi connectivity index (χ1v) is 6.45. The van der Waals surface area contributed by atoms with E-state index in [4.69, 9.17) is 5.73 Å². The molecule has 96 valence electrons. The van der Waals surface area contributed by atoms with Crippen molar-refractivity contribution in [3.63, 3.8) is 0 Å². The van der Waals surface area contributed by atoms with Gasteiger partial charge in [-0.2, -0.15) is 0 Å². The molecule has 1 aliphatic heterocycles. The normalized spacial score (nSPS) is 30.6. The number of rotatable bonds is 3. The van der Waals surface area contributed by atoms with Crippen molar-refractivity contribution in [3.8, 4) is 0 Å². The van der Waals surface area contributed by atoms with E-state index in [-0.39, 0.29) is 11.4 Å². The van der Waals surface area contributed by atoms with Crippen LogP contribution in [0.25, 0.3) is 0 Å². The van der Waals surface area contributed by atoms with Crippen LogP contribution in [0.3, 0.4) is 0 Å². The average Bonchev–Trinajstić information content (AvgIpc) is 2.87. The molecule has 2 aliphatic rings. The minimum absolute atomic E-state index is 0.116. The summed E-state index contributed by atoms with van der Waals surface area (Å²) in [6, 6.07) is 0.490. The van der Waals surface area contributed by atoms with Crippen molar-refractivity contribution in [2.75, 3.05) is 6.54 Å². The van der Waals surface area contributed by atoms with Crippen molar-refractivity contribution in [3.05, 3.63) is 0 Å². The molecule has 0 aromatic rings. The summed E-state index contributed by atoms with van der Waals surface area (Å²) in [5.41, 5.74) is 5.64. The fourth-order valence-corrected chi connectivity index (χ4v) is 2.55. The number of hydrogen-bond acceptors (Lipinski definition) is 2. The van der Waals surface area contributed by atoms with Gasteiger partial charge in [-0.3, -0.25) is 9.79 Å². The van der Waals surface area contributed by atoms with Crippen molar-refractivity contribution < 1.29 is 4.79 Å². The summed E-state index contributed by atoms with van der Waals surface area (Å²) in [4.78, 5) is 15.5. The molecular weight excluding hydrogens is 216 g/mol. The average molecular weight is 238 g/mol. The summed E-state index contributed by atoms with van der Waals surface area (Å²) in [5, 5.41) is 6.20. The van der Waals surface area contributed by atoms with Crippen molar-refractivity contribution in [1.29, 1.82) is 0 Å². The van der Waals surface area contributed by atoms with E-state index in [1.807, 2.05) is 6.92 Å². The van der Waals surface area contributed by atoms with E-state index >= 15 is 0 Å². The number of carbonyl (C=O) groups excluding carboxylic acids is 1. The van der Waals surface area contributed by atoms with Crippen molar-refractivity contribution in [1.82, 2.24) is 10.6 Å². The van der Waals surface area contributed by atoms with E-state index in [1.165, 1.54) is 25.7 Å². The lowest BCUT2D eigenvalue weighted by Crippen LogP contribution is -2.44. The second-order valence-corrected chi connectivity index (χ2v) is 5.44. The second kappa shape index (κ2) is 4.94. The van der Waals surface area contributed by atoms with Gasteiger partial charge in [-0.05, 0) is 26.2 Å². The molecule has 1 amide bonds. The summed E-state index contributed by atoms with van der Waals surface area (Å²) >= 11 is 0. The van der Waals surface area contributed by atoms with Gasteiger partial charge < -0.3 is 16.4 Å². The Bertz CT molecular complexity index is 322. The summed E-state index contributed by atoms with van der Waals surface area (Å²) in [6.07, 6.45) is 6.36. The molecule has 5 heteroatoms. The van der Waals surface area contributed by atoms with Crippen LogP contribution >= 0.6 is 0 Å². The molecule has 2 rings (SSSR count). The molecule has 0 radical (unpaired) electrons. The lowest BCUT2D eigenvalue weighted by Gasteiger charge is -2.22. The van der Waals surface area contributed by atoms with Crippen LogP contribution in [-0.4, -0.2) is 30.0 Å². The first kappa shape index (κ1) is 12.2. The second-order valence-electron chi connectivity index (χ2n) is 5.44. The number of nitrogens with one attached hydrogen (secondary N) is 2. The minimum atomic E-state index is -0.209. The lowest BCUT2D eigenvalue weighted by atomic mass is 10.0. The van der Waals surface area contributed by atoms with Gasteiger partial charge in [-0.15, -0.1) is 0 Å². The highest BCUT2D eigenvalue weighted by Crippen LogP contribution is 2.20. The highest BCUT2D eigenvalue weighted by molar-refractivity contribution is 5.80. The predicted octanol–water partition coefficient (Wildman–Crippen LogP) is 0.502. The Morgan fingerprint density at radius 1 is 1.59 bits per heavy atom. The zero-order valence-electron chi connectivity index (χ0n) is 10.5. The van der Waals surface area contributed by atoms with Crippen molar-refractivity contribution in [2.24, 2.45) is 10.7 Å². The molecule has 1 saturated heterocycles. The maximum Gasteiger partial charge on any atom is 0.220 e. The topological polar surface area (TPSA) is 79.5 Å². The number of hydrogen-bond donors (Lipinski definition) is 3. The van der Waals surface area contributed by atoms with E-state index in [0.29, 0.717) is 25.0 Å². The van der Waals surface area contributed by atoms with Gasteiger partial charge in [0, 0.05) is 12.5 Å². The largest absolute Gasteiger partial charge is 0.370 e. The van der Waals surface area contributed by atoms with Gasteiger partial charge in [0.2, 0.25) is 5.91 Å². The predicted molar refractivity (Wildman–Crippen MR) is 67.7 cm³/mol. The van der Waals surface area contributed by atoms with Gasteiger partial charge in [-0.1, -0.05) is 12.8 Å². The van der Waals surface area contributed by atoms with E-state index in [1.54, 1.807) is 0 Å². The Morgan fingerprint density at radius 3 is 2.88 bits per heavy atom. The monoisotopic (exact) mass is 238 g/mol. The highest BCUT2D eigenvalue weighted by Gasteiger charge is 2.32. The van der Waals surface area contributed by atoms with Crippen LogP contribution in [0.15, 0.2) is 4.99 Å². The molecule has 0 aromatic heterocycles. The first-order chi connectivity index (χ1) is 8.07. The summed E-state index contributed by atoms with van der Waals surface area (Å²) in [6.45, 7) is 2.58.